The minimum absolute atomic E-state index is 0.0262. The molecular formula is C25H18Br2N2O5. The molecule has 0 fully saturated rings. The first kappa shape index (κ1) is 23.8. The van der Waals surface area contributed by atoms with Gasteiger partial charge in [0.1, 0.15) is 5.75 Å². The van der Waals surface area contributed by atoms with Crippen molar-refractivity contribution in [1.29, 1.82) is 0 Å². The van der Waals surface area contributed by atoms with Crippen molar-refractivity contribution in [2.75, 3.05) is 6.61 Å². The number of esters is 1. The number of nitro groups is 1. The Labute approximate surface area is 212 Å². The number of halogens is 2. The third kappa shape index (κ3) is 5.43. The van der Waals surface area contributed by atoms with Crippen LogP contribution in [0.4, 0.5) is 5.69 Å². The lowest BCUT2D eigenvalue weighted by Crippen LogP contribution is -2.06. The zero-order valence-electron chi connectivity index (χ0n) is 18.0. The van der Waals surface area contributed by atoms with Crippen LogP contribution in [-0.4, -0.2) is 23.4 Å². The van der Waals surface area contributed by atoms with Crippen LogP contribution in [0.5, 0.6) is 5.75 Å². The molecule has 1 heterocycles. The molecule has 0 N–H and O–H groups in total. The van der Waals surface area contributed by atoms with Gasteiger partial charge < -0.3 is 9.47 Å². The normalized spacial score (nSPS) is 14.1. The third-order valence-electron chi connectivity index (χ3n) is 5.08. The summed E-state index contributed by atoms with van der Waals surface area (Å²) in [4.78, 5) is 27.4. The van der Waals surface area contributed by atoms with Crippen molar-refractivity contribution in [3.8, 4) is 5.75 Å². The van der Waals surface area contributed by atoms with Crippen LogP contribution in [0.25, 0.3) is 6.08 Å². The van der Waals surface area contributed by atoms with Gasteiger partial charge in [-0.3, -0.25) is 10.1 Å². The molecule has 0 bridgehead atoms. The van der Waals surface area contributed by atoms with E-state index in [4.69, 9.17) is 9.47 Å². The van der Waals surface area contributed by atoms with Crippen LogP contribution >= 0.6 is 31.9 Å². The molecule has 1 aliphatic rings. The highest BCUT2D eigenvalue weighted by Gasteiger charge is 2.26. The number of rotatable bonds is 7. The van der Waals surface area contributed by atoms with Crippen molar-refractivity contribution in [2.24, 2.45) is 4.99 Å². The Morgan fingerprint density at radius 1 is 1.09 bits per heavy atom. The van der Waals surface area contributed by atoms with E-state index in [0.717, 1.165) is 6.42 Å². The Bertz CT molecular complexity index is 1310. The maximum absolute atomic E-state index is 12.4. The second kappa shape index (κ2) is 10.3. The number of carbonyl (C=O) groups is 1. The maximum atomic E-state index is 12.4. The predicted molar refractivity (Wildman–Crippen MR) is 136 cm³/mol. The van der Waals surface area contributed by atoms with Crippen LogP contribution in [0.15, 0.2) is 80.3 Å². The highest BCUT2D eigenvalue weighted by molar-refractivity contribution is 9.11. The molecule has 0 saturated heterocycles. The molecule has 0 spiro atoms. The second-order valence-corrected chi connectivity index (χ2v) is 9.20. The SMILES string of the molecule is Cc1ccc(C2=N/C(=C\c3cc(Br)c(OCCc4ccccc4)c(Br)c3)C(=O)O2)cc1[N+](=O)[O-]. The summed E-state index contributed by atoms with van der Waals surface area (Å²) in [5.74, 6) is 0.0512. The van der Waals surface area contributed by atoms with E-state index in [0.29, 0.717) is 38.0 Å². The van der Waals surface area contributed by atoms with Gasteiger partial charge in [-0.2, -0.15) is 0 Å². The summed E-state index contributed by atoms with van der Waals surface area (Å²) >= 11 is 7.05. The first-order chi connectivity index (χ1) is 16.3. The van der Waals surface area contributed by atoms with Crippen LogP contribution in [0, 0.1) is 17.0 Å². The van der Waals surface area contributed by atoms with E-state index in [2.05, 4.69) is 36.9 Å². The van der Waals surface area contributed by atoms with E-state index in [1.165, 1.54) is 11.6 Å². The van der Waals surface area contributed by atoms with Crippen molar-refractivity contribution in [3.63, 3.8) is 0 Å². The smallest absolute Gasteiger partial charge is 0.363 e. The Balaban J connectivity index is 1.53. The molecule has 0 radical (unpaired) electrons. The van der Waals surface area contributed by atoms with Gasteiger partial charge in [-0.1, -0.05) is 36.4 Å². The quantitative estimate of drug-likeness (QED) is 0.139. The molecular weight excluding hydrogens is 568 g/mol. The first-order valence-electron chi connectivity index (χ1n) is 10.3. The number of ether oxygens (including phenoxy) is 2. The lowest BCUT2D eigenvalue weighted by Gasteiger charge is -2.11. The zero-order chi connectivity index (χ0) is 24.2. The number of carbonyl (C=O) groups excluding carboxylic acids is 1. The fraction of sp³-hybridized carbons (Fsp3) is 0.120. The zero-order valence-corrected chi connectivity index (χ0v) is 21.1. The standard InChI is InChI=1S/C25H18Br2N2O5/c1-15-7-8-18(14-22(15)29(31)32)24-28-21(25(30)34-24)13-17-11-19(26)23(20(27)12-17)33-10-9-16-5-3-2-4-6-16/h2-8,11-14H,9-10H2,1H3/b21-13-. The summed E-state index contributed by atoms with van der Waals surface area (Å²) < 4.78 is 12.6. The van der Waals surface area contributed by atoms with Crippen molar-refractivity contribution in [3.05, 3.63) is 108 Å². The fourth-order valence-electron chi connectivity index (χ4n) is 3.35. The summed E-state index contributed by atoms with van der Waals surface area (Å²) in [6.45, 7) is 2.14. The monoisotopic (exact) mass is 584 g/mol. The Morgan fingerprint density at radius 2 is 1.79 bits per heavy atom. The Morgan fingerprint density at radius 3 is 2.47 bits per heavy atom. The molecule has 0 aromatic heterocycles. The summed E-state index contributed by atoms with van der Waals surface area (Å²) in [5.41, 5.74) is 2.78. The molecule has 3 aromatic rings. The van der Waals surface area contributed by atoms with Crippen LogP contribution < -0.4 is 4.74 Å². The van der Waals surface area contributed by atoms with Crippen LogP contribution in [0.3, 0.4) is 0 Å². The number of hydrogen-bond donors (Lipinski definition) is 0. The average Bonchev–Trinajstić information content (AvgIpc) is 3.16. The highest BCUT2D eigenvalue weighted by Crippen LogP contribution is 2.36. The van der Waals surface area contributed by atoms with Gasteiger partial charge in [0.2, 0.25) is 5.90 Å². The first-order valence-corrected chi connectivity index (χ1v) is 11.8. The summed E-state index contributed by atoms with van der Waals surface area (Å²) in [7, 11) is 0. The molecule has 0 saturated carbocycles. The van der Waals surface area contributed by atoms with Crippen molar-refractivity contribution < 1.29 is 19.2 Å². The molecule has 172 valence electrons. The lowest BCUT2D eigenvalue weighted by molar-refractivity contribution is -0.385. The summed E-state index contributed by atoms with van der Waals surface area (Å²) in [6, 6.07) is 18.3. The van der Waals surface area contributed by atoms with E-state index < -0.39 is 10.9 Å². The molecule has 9 heteroatoms. The fourth-order valence-corrected chi connectivity index (χ4v) is 4.80. The van der Waals surface area contributed by atoms with Gasteiger partial charge >= 0.3 is 5.97 Å². The number of nitro benzene ring substituents is 1. The van der Waals surface area contributed by atoms with E-state index >= 15 is 0 Å². The molecule has 0 unspecified atom stereocenters. The topological polar surface area (TPSA) is 91.0 Å². The minimum atomic E-state index is -0.631. The lowest BCUT2D eigenvalue weighted by atomic mass is 10.1. The van der Waals surface area contributed by atoms with Gasteiger partial charge in [-0.25, -0.2) is 9.79 Å². The number of aliphatic imine (C=N–C) groups is 1. The van der Waals surface area contributed by atoms with Gasteiger partial charge in [0.05, 0.1) is 20.5 Å². The van der Waals surface area contributed by atoms with E-state index in [9.17, 15) is 14.9 Å². The summed E-state index contributed by atoms with van der Waals surface area (Å²) in [6.07, 6.45) is 2.35. The highest BCUT2D eigenvalue weighted by atomic mass is 79.9. The molecule has 4 rings (SSSR count). The van der Waals surface area contributed by atoms with Crippen LogP contribution in [0.2, 0.25) is 0 Å². The number of benzene rings is 3. The molecule has 3 aromatic carbocycles. The number of nitrogens with zero attached hydrogens (tertiary/aromatic N) is 2. The molecule has 7 nitrogen and oxygen atoms in total. The number of hydrogen-bond acceptors (Lipinski definition) is 6. The molecule has 34 heavy (non-hydrogen) atoms. The van der Waals surface area contributed by atoms with E-state index in [1.54, 1.807) is 25.1 Å². The average molecular weight is 586 g/mol. The third-order valence-corrected chi connectivity index (χ3v) is 6.26. The minimum Gasteiger partial charge on any atom is -0.491 e. The Hall–Kier alpha value is -3.30. The predicted octanol–water partition coefficient (Wildman–Crippen LogP) is 6.39. The van der Waals surface area contributed by atoms with Gasteiger partial charge in [-0.15, -0.1) is 0 Å². The van der Waals surface area contributed by atoms with Gasteiger partial charge in [0.15, 0.2) is 5.70 Å². The van der Waals surface area contributed by atoms with E-state index in [1.807, 2.05) is 42.5 Å². The van der Waals surface area contributed by atoms with Crippen molar-refractivity contribution >= 4 is 55.5 Å². The largest absolute Gasteiger partial charge is 0.491 e. The van der Waals surface area contributed by atoms with Gasteiger partial charge in [0.25, 0.3) is 5.69 Å². The maximum Gasteiger partial charge on any atom is 0.363 e. The Kier molecular flexibility index (Phi) is 7.23. The van der Waals surface area contributed by atoms with Crippen molar-refractivity contribution in [1.82, 2.24) is 0 Å². The molecule has 1 aliphatic heterocycles. The van der Waals surface area contributed by atoms with Crippen LogP contribution in [-0.2, 0) is 16.0 Å². The van der Waals surface area contributed by atoms with Gasteiger partial charge in [0, 0.05) is 23.6 Å². The molecule has 0 aliphatic carbocycles. The summed E-state index contributed by atoms with van der Waals surface area (Å²) in [5, 5.41) is 11.2. The molecule has 0 amide bonds. The van der Waals surface area contributed by atoms with Gasteiger partial charge in [-0.05, 0) is 74.2 Å². The van der Waals surface area contributed by atoms with Crippen molar-refractivity contribution in [2.45, 2.75) is 13.3 Å². The molecule has 0 atom stereocenters. The number of aryl methyl sites for hydroxylation is 1. The number of cyclic esters (lactones) is 1. The van der Waals surface area contributed by atoms with E-state index in [-0.39, 0.29) is 17.3 Å². The van der Waals surface area contributed by atoms with Crippen LogP contribution in [0.1, 0.15) is 22.3 Å². The second-order valence-electron chi connectivity index (χ2n) is 7.49.